The van der Waals surface area contributed by atoms with Crippen LogP contribution in [0.5, 0.6) is 0 Å². The Morgan fingerprint density at radius 3 is 2.10 bits per heavy atom. The van der Waals surface area contributed by atoms with Crippen molar-refractivity contribution in [2.75, 3.05) is 0 Å². The van der Waals surface area contributed by atoms with E-state index >= 15 is 0 Å². The number of hydrogen-bond acceptors (Lipinski definition) is 2. The van der Waals surface area contributed by atoms with Gasteiger partial charge in [0.05, 0.1) is 0 Å². The molecule has 0 radical (unpaired) electrons. The molecule has 1 unspecified atom stereocenters. The lowest BCUT2D eigenvalue weighted by molar-refractivity contribution is -0.159. The molecule has 1 saturated carbocycles. The first-order chi connectivity index (χ1) is 9.78. The van der Waals surface area contributed by atoms with E-state index in [0.29, 0.717) is 11.5 Å². The molecule has 1 amide bonds. The number of hydrogen-bond donors (Lipinski definition) is 1. The molecule has 1 aliphatic rings. The fourth-order valence-electron chi connectivity index (χ4n) is 2.83. The molecule has 4 nitrogen and oxygen atoms in total. The predicted octanol–water partition coefficient (Wildman–Crippen LogP) is 3.12. The molecule has 0 aromatic heterocycles. The molecule has 1 atom stereocenters. The van der Waals surface area contributed by atoms with Crippen LogP contribution in [0.25, 0.3) is 0 Å². The average Bonchev–Trinajstić information content (AvgIpc) is 3.22. The van der Waals surface area contributed by atoms with Crippen LogP contribution in [0.1, 0.15) is 57.6 Å². The van der Waals surface area contributed by atoms with Gasteiger partial charge < -0.3 is 10.0 Å². The Hall–Kier alpha value is -1.84. The molecule has 1 aromatic carbocycles. The van der Waals surface area contributed by atoms with Crippen LogP contribution < -0.4 is 0 Å². The number of nitrogens with zero attached hydrogens (tertiary/aromatic N) is 1. The quantitative estimate of drug-likeness (QED) is 0.906. The highest BCUT2D eigenvalue weighted by atomic mass is 16.4. The lowest BCUT2D eigenvalue weighted by Crippen LogP contribution is -2.53. The van der Waals surface area contributed by atoms with Gasteiger partial charge in [-0.05, 0) is 36.8 Å². The summed E-state index contributed by atoms with van der Waals surface area (Å²) in [5.74, 6) is -0.778. The van der Waals surface area contributed by atoms with Gasteiger partial charge in [0, 0.05) is 13.0 Å². The Kier molecular flexibility index (Phi) is 4.08. The van der Waals surface area contributed by atoms with E-state index in [1.165, 1.54) is 11.8 Å². The predicted molar refractivity (Wildman–Crippen MR) is 81.1 cm³/mol. The smallest absolute Gasteiger partial charge is 0.334 e. The van der Waals surface area contributed by atoms with Gasteiger partial charge in [0.15, 0.2) is 5.54 Å². The highest BCUT2D eigenvalue weighted by Crippen LogP contribution is 2.39. The third-order valence-corrected chi connectivity index (χ3v) is 4.29. The number of benzene rings is 1. The summed E-state index contributed by atoms with van der Waals surface area (Å²) in [6.45, 7) is 7.26. The zero-order chi connectivity index (χ0) is 15.8. The van der Waals surface area contributed by atoms with Crippen molar-refractivity contribution in [3.8, 4) is 0 Å². The molecule has 114 valence electrons. The second kappa shape index (κ2) is 5.51. The van der Waals surface area contributed by atoms with Crippen molar-refractivity contribution in [1.29, 1.82) is 0 Å². The SMILES string of the molecule is CC(=O)N(C1CC1)C(C)(C(=O)O)c1ccc(C(C)C)cc1. The van der Waals surface area contributed by atoms with Crippen molar-refractivity contribution in [2.24, 2.45) is 0 Å². The van der Waals surface area contributed by atoms with Crippen LogP contribution in [0, 0.1) is 0 Å². The number of carboxylic acids is 1. The first-order valence-electron chi connectivity index (χ1n) is 7.42. The minimum Gasteiger partial charge on any atom is -0.479 e. The Labute approximate surface area is 125 Å². The molecule has 1 aliphatic carbocycles. The molecule has 2 rings (SSSR count). The zero-order valence-electron chi connectivity index (χ0n) is 13.1. The van der Waals surface area contributed by atoms with Crippen molar-refractivity contribution in [2.45, 2.75) is 58.0 Å². The highest BCUT2D eigenvalue weighted by molar-refractivity contribution is 5.87. The first kappa shape index (κ1) is 15.5. The molecule has 0 saturated heterocycles. The lowest BCUT2D eigenvalue weighted by Gasteiger charge is -2.38. The van der Waals surface area contributed by atoms with E-state index in [4.69, 9.17) is 0 Å². The van der Waals surface area contributed by atoms with Gasteiger partial charge in [0.2, 0.25) is 5.91 Å². The van der Waals surface area contributed by atoms with E-state index < -0.39 is 11.5 Å². The van der Waals surface area contributed by atoms with Crippen LogP contribution in [0.4, 0.5) is 0 Å². The average molecular weight is 289 g/mol. The number of aliphatic carboxylic acids is 1. The number of carbonyl (C=O) groups excluding carboxylic acids is 1. The number of rotatable bonds is 5. The maximum Gasteiger partial charge on any atom is 0.334 e. The van der Waals surface area contributed by atoms with Crippen molar-refractivity contribution < 1.29 is 14.7 Å². The summed E-state index contributed by atoms with van der Waals surface area (Å²) in [4.78, 5) is 25.4. The molecular formula is C17H23NO3. The molecule has 1 fully saturated rings. The maximum atomic E-state index is 12.0. The van der Waals surface area contributed by atoms with Gasteiger partial charge in [-0.25, -0.2) is 4.79 Å². The van der Waals surface area contributed by atoms with Gasteiger partial charge in [-0.1, -0.05) is 38.1 Å². The molecule has 1 N–H and O–H groups in total. The van der Waals surface area contributed by atoms with Crippen LogP contribution in [0.15, 0.2) is 24.3 Å². The van der Waals surface area contributed by atoms with Crippen molar-refractivity contribution in [3.05, 3.63) is 35.4 Å². The van der Waals surface area contributed by atoms with Gasteiger partial charge >= 0.3 is 5.97 Å². The van der Waals surface area contributed by atoms with Gasteiger partial charge in [-0.3, -0.25) is 4.79 Å². The summed E-state index contributed by atoms with van der Waals surface area (Å²) >= 11 is 0. The van der Waals surface area contributed by atoms with Gasteiger partial charge in [-0.2, -0.15) is 0 Å². The van der Waals surface area contributed by atoms with Crippen molar-refractivity contribution >= 4 is 11.9 Å². The Morgan fingerprint density at radius 2 is 1.76 bits per heavy atom. The normalized spacial score (nSPS) is 17.4. The standard InChI is InChI=1S/C17H23NO3/c1-11(2)13-5-7-14(8-6-13)17(4,16(20)21)18(12(3)19)15-9-10-15/h5-8,11,15H,9-10H2,1-4H3,(H,20,21). The van der Waals surface area contributed by atoms with Crippen LogP contribution in [-0.2, 0) is 15.1 Å². The Balaban J connectivity index is 2.46. The van der Waals surface area contributed by atoms with E-state index in [-0.39, 0.29) is 11.9 Å². The number of amides is 1. The monoisotopic (exact) mass is 289 g/mol. The first-order valence-corrected chi connectivity index (χ1v) is 7.42. The van der Waals surface area contributed by atoms with Gasteiger partial charge in [-0.15, -0.1) is 0 Å². The third-order valence-electron chi connectivity index (χ3n) is 4.29. The summed E-state index contributed by atoms with van der Waals surface area (Å²) in [5, 5.41) is 9.77. The number of carboxylic acid groups (broad SMARTS) is 1. The Morgan fingerprint density at radius 1 is 1.24 bits per heavy atom. The van der Waals surface area contributed by atoms with E-state index in [0.717, 1.165) is 18.4 Å². The molecule has 21 heavy (non-hydrogen) atoms. The molecule has 0 heterocycles. The van der Waals surface area contributed by atoms with Crippen LogP contribution >= 0.6 is 0 Å². The largest absolute Gasteiger partial charge is 0.479 e. The summed E-state index contributed by atoms with van der Waals surface area (Å²) in [7, 11) is 0. The van der Waals surface area contributed by atoms with E-state index in [1.54, 1.807) is 6.92 Å². The van der Waals surface area contributed by atoms with Crippen LogP contribution in [-0.4, -0.2) is 27.9 Å². The topological polar surface area (TPSA) is 57.6 Å². The summed E-state index contributed by atoms with van der Waals surface area (Å²) in [6, 6.07) is 7.62. The van der Waals surface area contributed by atoms with E-state index in [1.807, 2.05) is 24.3 Å². The molecule has 1 aromatic rings. The fourth-order valence-corrected chi connectivity index (χ4v) is 2.83. The van der Waals surface area contributed by atoms with Crippen molar-refractivity contribution in [3.63, 3.8) is 0 Å². The van der Waals surface area contributed by atoms with Crippen LogP contribution in [0.2, 0.25) is 0 Å². The molecular weight excluding hydrogens is 266 g/mol. The second-order valence-electron chi connectivity index (χ2n) is 6.27. The Bertz CT molecular complexity index is 546. The minimum absolute atomic E-state index is 0.0494. The number of carbonyl (C=O) groups is 2. The third kappa shape index (κ3) is 2.80. The second-order valence-corrected chi connectivity index (χ2v) is 6.27. The summed E-state index contributed by atoms with van der Waals surface area (Å²) in [6.07, 6.45) is 1.76. The van der Waals surface area contributed by atoms with Gasteiger partial charge in [0.25, 0.3) is 0 Å². The van der Waals surface area contributed by atoms with E-state index in [9.17, 15) is 14.7 Å². The lowest BCUT2D eigenvalue weighted by atomic mass is 9.88. The zero-order valence-corrected chi connectivity index (χ0v) is 13.1. The summed E-state index contributed by atoms with van der Waals surface area (Å²) < 4.78 is 0. The van der Waals surface area contributed by atoms with Gasteiger partial charge in [0.1, 0.15) is 0 Å². The maximum absolute atomic E-state index is 12.0. The highest BCUT2D eigenvalue weighted by Gasteiger charge is 2.49. The molecule has 0 bridgehead atoms. The molecule has 0 aliphatic heterocycles. The fraction of sp³-hybridized carbons (Fsp3) is 0.529. The molecule has 0 spiro atoms. The van der Waals surface area contributed by atoms with E-state index in [2.05, 4.69) is 13.8 Å². The minimum atomic E-state index is -1.30. The summed E-state index contributed by atoms with van der Waals surface area (Å²) in [5.41, 5.74) is 0.511. The van der Waals surface area contributed by atoms with Crippen LogP contribution in [0.3, 0.4) is 0 Å². The van der Waals surface area contributed by atoms with Crippen molar-refractivity contribution in [1.82, 2.24) is 4.90 Å². The molecule has 4 heteroatoms.